The zero-order valence-corrected chi connectivity index (χ0v) is 6.95. The highest BCUT2D eigenvalue weighted by molar-refractivity contribution is 5.20. The van der Waals surface area contributed by atoms with Crippen molar-refractivity contribution in [1.29, 1.82) is 0 Å². The lowest BCUT2D eigenvalue weighted by atomic mass is 10.1. The average Bonchev–Trinajstić information content (AvgIpc) is 1.81. The van der Waals surface area contributed by atoms with Crippen molar-refractivity contribution in [3.05, 3.63) is 23.8 Å². The normalized spacial score (nSPS) is 15.0. The van der Waals surface area contributed by atoms with Crippen LogP contribution in [-0.4, -0.2) is 6.17 Å². The predicted molar refractivity (Wildman–Crippen MR) is 43.8 cm³/mol. The second-order valence-electron chi connectivity index (χ2n) is 2.54. The topological polar surface area (TPSA) is 0 Å². The lowest BCUT2D eigenvalue weighted by Gasteiger charge is -2.04. The first-order valence-electron chi connectivity index (χ1n) is 3.58. The quantitative estimate of drug-likeness (QED) is 0.530. The third-order valence-corrected chi connectivity index (χ3v) is 1.35. The van der Waals surface area contributed by atoms with Crippen LogP contribution in [0.2, 0.25) is 0 Å². The van der Waals surface area contributed by atoms with Crippen LogP contribution in [-0.2, 0) is 0 Å². The largest absolute Gasteiger partial charge is 0.243 e. The van der Waals surface area contributed by atoms with Crippen molar-refractivity contribution < 1.29 is 4.39 Å². The zero-order chi connectivity index (χ0) is 8.15. The summed E-state index contributed by atoms with van der Waals surface area (Å²) in [6.45, 7) is 9.06. The monoisotopic (exact) mass is 142 g/mol. The van der Waals surface area contributed by atoms with E-state index in [2.05, 4.69) is 6.58 Å². The van der Waals surface area contributed by atoms with E-state index < -0.39 is 6.17 Å². The van der Waals surface area contributed by atoms with Crippen LogP contribution in [0.4, 0.5) is 4.39 Å². The Morgan fingerprint density at radius 3 is 2.30 bits per heavy atom. The van der Waals surface area contributed by atoms with E-state index in [0.29, 0.717) is 0 Å². The Labute approximate surface area is 62.4 Å². The maximum Gasteiger partial charge on any atom is 0.119 e. The number of rotatable bonds is 3. The number of allylic oxidation sites excluding steroid dienone is 3. The molecule has 1 atom stereocenters. The summed E-state index contributed by atoms with van der Waals surface area (Å²) in [5.74, 6) is 0. The van der Waals surface area contributed by atoms with E-state index in [1.807, 2.05) is 19.9 Å². The first-order valence-corrected chi connectivity index (χ1v) is 3.58. The molecule has 0 aromatic heterocycles. The average molecular weight is 142 g/mol. The van der Waals surface area contributed by atoms with Crippen LogP contribution in [0.1, 0.15) is 27.2 Å². The fourth-order valence-corrected chi connectivity index (χ4v) is 0.815. The van der Waals surface area contributed by atoms with E-state index in [4.69, 9.17) is 0 Å². The van der Waals surface area contributed by atoms with E-state index in [1.54, 1.807) is 6.92 Å². The molecule has 0 radical (unpaired) electrons. The van der Waals surface area contributed by atoms with Crippen LogP contribution in [0.25, 0.3) is 0 Å². The molecule has 0 saturated heterocycles. The maximum absolute atomic E-state index is 12.6. The van der Waals surface area contributed by atoms with Crippen LogP contribution in [0.5, 0.6) is 0 Å². The Bertz CT molecular complexity index is 143. The molecular weight excluding hydrogens is 127 g/mol. The first-order chi connectivity index (χ1) is 4.57. The molecule has 0 heterocycles. The van der Waals surface area contributed by atoms with Crippen molar-refractivity contribution in [2.24, 2.45) is 0 Å². The molecule has 1 heteroatoms. The van der Waals surface area contributed by atoms with Crippen LogP contribution in [0.3, 0.4) is 0 Å². The molecule has 1 unspecified atom stereocenters. The highest BCUT2D eigenvalue weighted by Crippen LogP contribution is 2.12. The number of halogens is 1. The molecule has 0 amide bonds. The minimum absolute atomic E-state index is 0.768. The van der Waals surface area contributed by atoms with Gasteiger partial charge in [0.25, 0.3) is 0 Å². The van der Waals surface area contributed by atoms with Crippen LogP contribution >= 0.6 is 0 Å². The van der Waals surface area contributed by atoms with E-state index in [9.17, 15) is 4.39 Å². The molecule has 0 aromatic rings. The minimum Gasteiger partial charge on any atom is -0.243 e. The molecule has 0 aromatic carbocycles. The number of hydrogen-bond donors (Lipinski definition) is 0. The minimum atomic E-state index is -0.832. The molecule has 0 aliphatic heterocycles. The fourth-order valence-electron chi connectivity index (χ4n) is 0.815. The summed E-state index contributed by atoms with van der Waals surface area (Å²) in [5.41, 5.74) is 1.74. The van der Waals surface area contributed by atoms with Crippen molar-refractivity contribution >= 4 is 0 Å². The van der Waals surface area contributed by atoms with Gasteiger partial charge < -0.3 is 0 Å². The maximum atomic E-state index is 12.6. The third-order valence-electron chi connectivity index (χ3n) is 1.35. The van der Waals surface area contributed by atoms with Gasteiger partial charge in [-0.2, -0.15) is 0 Å². The van der Waals surface area contributed by atoms with Crippen LogP contribution in [0, 0.1) is 0 Å². The van der Waals surface area contributed by atoms with Gasteiger partial charge in [0.05, 0.1) is 0 Å². The summed E-state index contributed by atoms with van der Waals surface area (Å²) in [6.07, 6.45) is 1.75. The van der Waals surface area contributed by atoms with Crippen molar-refractivity contribution in [3.8, 4) is 0 Å². The molecule has 0 N–H and O–H groups in total. The molecule has 58 valence electrons. The molecule has 0 saturated carbocycles. The summed E-state index contributed by atoms with van der Waals surface area (Å²) in [5, 5.41) is 0. The summed E-state index contributed by atoms with van der Waals surface area (Å²) in [6, 6.07) is 0. The summed E-state index contributed by atoms with van der Waals surface area (Å²) in [7, 11) is 0. The van der Waals surface area contributed by atoms with Crippen molar-refractivity contribution in [2.75, 3.05) is 0 Å². The molecule has 0 rings (SSSR count). The molecular formula is C9H15F. The van der Waals surface area contributed by atoms with Crippen molar-refractivity contribution in [2.45, 2.75) is 33.4 Å². The predicted octanol–water partition coefficient (Wildman–Crippen LogP) is 3.26. The summed E-state index contributed by atoms with van der Waals surface area (Å²) >= 11 is 0. The molecule has 0 aliphatic carbocycles. The van der Waals surface area contributed by atoms with Gasteiger partial charge in [-0.25, -0.2) is 4.39 Å². The molecule has 0 fully saturated rings. The SMILES string of the molecule is C=C(C)/C=C(/CC)C(C)F. The standard InChI is InChI=1S/C9H15F/c1-5-9(8(4)10)6-7(2)3/h6,8H,2,5H2,1,3-4H3/b9-6-. The first kappa shape index (κ1) is 9.41. The molecule has 0 aliphatic rings. The van der Waals surface area contributed by atoms with Crippen molar-refractivity contribution in [1.82, 2.24) is 0 Å². The van der Waals surface area contributed by atoms with Gasteiger partial charge in [-0.05, 0) is 25.8 Å². The van der Waals surface area contributed by atoms with Gasteiger partial charge in [0, 0.05) is 0 Å². The molecule has 10 heavy (non-hydrogen) atoms. The molecule has 0 spiro atoms. The van der Waals surface area contributed by atoms with Crippen LogP contribution in [0.15, 0.2) is 23.8 Å². The highest BCUT2D eigenvalue weighted by Gasteiger charge is 2.02. The Morgan fingerprint density at radius 2 is 2.20 bits per heavy atom. The van der Waals surface area contributed by atoms with Crippen molar-refractivity contribution in [3.63, 3.8) is 0 Å². The highest BCUT2D eigenvalue weighted by atomic mass is 19.1. The van der Waals surface area contributed by atoms with E-state index in [-0.39, 0.29) is 0 Å². The number of hydrogen-bond acceptors (Lipinski definition) is 0. The number of alkyl halides is 1. The lowest BCUT2D eigenvalue weighted by Crippen LogP contribution is -1.96. The van der Waals surface area contributed by atoms with Gasteiger partial charge in [-0.15, -0.1) is 0 Å². The third kappa shape index (κ3) is 3.44. The summed E-state index contributed by atoms with van der Waals surface area (Å²) < 4.78 is 12.6. The summed E-state index contributed by atoms with van der Waals surface area (Å²) in [4.78, 5) is 0. The molecule has 0 bridgehead atoms. The lowest BCUT2D eigenvalue weighted by molar-refractivity contribution is 0.404. The van der Waals surface area contributed by atoms with Gasteiger partial charge in [-0.3, -0.25) is 0 Å². The van der Waals surface area contributed by atoms with Gasteiger partial charge >= 0.3 is 0 Å². The smallest absolute Gasteiger partial charge is 0.119 e. The van der Waals surface area contributed by atoms with Crippen LogP contribution < -0.4 is 0 Å². The Morgan fingerprint density at radius 1 is 1.70 bits per heavy atom. The van der Waals surface area contributed by atoms with Gasteiger partial charge in [0.2, 0.25) is 0 Å². The molecule has 0 nitrogen and oxygen atoms in total. The fraction of sp³-hybridized carbons (Fsp3) is 0.556. The zero-order valence-electron chi connectivity index (χ0n) is 6.95. The van der Waals surface area contributed by atoms with Gasteiger partial charge in [0.15, 0.2) is 0 Å². The Balaban J connectivity index is 4.18. The van der Waals surface area contributed by atoms with E-state index >= 15 is 0 Å². The second kappa shape index (κ2) is 4.26. The van der Waals surface area contributed by atoms with Gasteiger partial charge in [-0.1, -0.05) is 25.2 Å². The Kier molecular flexibility index (Phi) is 4.01. The Hall–Kier alpha value is -0.590. The van der Waals surface area contributed by atoms with E-state index in [1.165, 1.54) is 0 Å². The van der Waals surface area contributed by atoms with E-state index in [0.717, 1.165) is 17.6 Å². The second-order valence-corrected chi connectivity index (χ2v) is 2.54. The van der Waals surface area contributed by atoms with Gasteiger partial charge in [0.1, 0.15) is 6.17 Å².